The highest BCUT2D eigenvalue weighted by atomic mass is 35.5. The largest absolute Gasteiger partial charge is 0.343 e. The Kier molecular flexibility index (Phi) is 3.75. The minimum absolute atomic E-state index is 0.540. The highest BCUT2D eigenvalue weighted by Gasteiger charge is 2.09. The molecule has 2 aromatic carbocycles. The van der Waals surface area contributed by atoms with E-state index in [2.05, 4.69) is 48.9 Å². The van der Waals surface area contributed by atoms with E-state index in [9.17, 15) is 0 Å². The molecule has 0 fully saturated rings. The maximum absolute atomic E-state index is 6.16. The molecule has 3 aromatic rings. The van der Waals surface area contributed by atoms with E-state index in [0.717, 1.165) is 22.6 Å². The molecule has 1 heterocycles. The number of nitrogens with two attached hydrogens (primary N) is 1. The number of aromatic nitrogens is 1. The van der Waals surface area contributed by atoms with Crippen molar-refractivity contribution in [3.05, 3.63) is 69.9 Å². The first kappa shape index (κ1) is 14.2. The van der Waals surface area contributed by atoms with Gasteiger partial charge in [-0.1, -0.05) is 41.4 Å². The first-order valence-corrected chi connectivity index (χ1v) is 7.50. The minimum atomic E-state index is 0.540. The lowest BCUT2D eigenvalue weighted by atomic mass is 10.1. The fraction of sp³-hybridized carbons (Fsp3) is 0.222. The zero-order valence-electron chi connectivity index (χ0n) is 12.4. The van der Waals surface area contributed by atoms with E-state index >= 15 is 0 Å². The van der Waals surface area contributed by atoms with E-state index in [1.54, 1.807) is 0 Å². The molecule has 0 unspecified atom stereocenters. The topological polar surface area (TPSA) is 30.9 Å². The number of aryl methyl sites for hydroxylation is 2. The first-order valence-electron chi connectivity index (χ1n) is 7.12. The van der Waals surface area contributed by atoms with Gasteiger partial charge < -0.3 is 10.3 Å². The summed E-state index contributed by atoms with van der Waals surface area (Å²) in [5.74, 6) is 0. The lowest BCUT2D eigenvalue weighted by Gasteiger charge is -2.10. The third kappa shape index (κ3) is 2.69. The van der Waals surface area contributed by atoms with Gasteiger partial charge in [-0.15, -0.1) is 0 Å². The average Bonchev–Trinajstić information content (AvgIpc) is 2.80. The lowest BCUT2D eigenvalue weighted by Crippen LogP contribution is -2.01. The molecule has 0 amide bonds. The van der Waals surface area contributed by atoms with Gasteiger partial charge in [0.15, 0.2) is 0 Å². The highest BCUT2D eigenvalue weighted by Crippen LogP contribution is 2.26. The number of hydrogen-bond donors (Lipinski definition) is 1. The van der Waals surface area contributed by atoms with Crippen LogP contribution in [0.4, 0.5) is 0 Å². The zero-order valence-corrected chi connectivity index (χ0v) is 13.1. The molecule has 0 aliphatic carbocycles. The molecular weight excluding hydrogens is 280 g/mol. The van der Waals surface area contributed by atoms with E-state index < -0.39 is 0 Å². The van der Waals surface area contributed by atoms with Gasteiger partial charge in [-0.25, -0.2) is 0 Å². The van der Waals surface area contributed by atoms with Gasteiger partial charge in [-0.3, -0.25) is 0 Å². The Balaban J connectivity index is 2.12. The Morgan fingerprint density at radius 1 is 1.05 bits per heavy atom. The molecule has 0 saturated heterocycles. The molecule has 0 saturated carbocycles. The maximum Gasteiger partial charge on any atom is 0.0501 e. The van der Waals surface area contributed by atoms with Crippen LogP contribution >= 0.6 is 11.6 Å². The van der Waals surface area contributed by atoms with E-state index in [4.69, 9.17) is 17.3 Å². The summed E-state index contributed by atoms with van der Waals surface area (Å²) < 4.78 is 2.24. The molecule has 1 aromatic heterocycles. The van der Waals surface area contributed by atoms with Crippen molar-refractivity contribution in [2.75, 3.05) is 0 Å². The van der Waals surface area contributed by atoms with Crippen molar-refractivity contribution in [3.63, 3.8) is 0 Å². The van der Waals surface area contributed by atoms with Gasteiger partial charge in [0, 0.05) is 29.7 Å². The normalized spacial score (nSPS) is 11.2. The second-order valence-corrected chi connectivity index (χ2v) is 6.01. The molecule has 21 heavy (non-hydrogen) atoms. The Bertz CT molecular complexity index is 802. The predicted octanol–water partition coefficient (Wildman–Crippen LogP) is 4.42. The summed E-state index contributed by atoms with van der Waals surface area (Å²) in [6.45, 7) is 5.65. The summed E-state index contributed by atoms with van der Waals surface area (Å²) in [7, 11) is 0. The second-order valence-electron chi connectivity index (χ2n) is 5.58. The molecule has 2 N–H and O–H groups in total. The first-order chi connectivity index (χ1) is 10.1. The molecule has 0 aliphatic heterocycles. The quantitative estimate of drug-likeness (QED) is 0.762. The number of hydrogen-bond acceptors (Lipinski definition) is 1. The number of fused-ring (bicyclic) bond motifs is 1. The van der Waals surface area contributed by atoms with Gasteiger partial charge >= 0.3 is 0 Å². The molecule has 3 heteroatoms. The van der Waals surface area contributed by atoms with Crippen LogP contribution in [-0.4, -0.2) is 4.57 Å². The Hall–Kier alpha value is -1.77. The van der Waals surface area contributed by atoms with Crippen molar-refractivity contribution >= 4 is 22.5 Å². The summed E-state index contributed by atoms with van der Waals surface area (Å²) >= 11 is 6.16. The fourth-order valence-electron chi connectivity index (χ4n) is 2.79. The number of rotatable bonds is 3. The molecule has 0 aliphatic rings. The van der Waals surface area contributed by atoms with Crippen LogP contribution in [0.1, 0.15) is 22.3 Å². The van der Waals surface area contributed by atoms with Crippen molar-refractivity contribution in [3.8, 4) is 0 Å². The van der Waals surface area contributed by atoms with Crippen LogP contribution in [0.2, 0.25) is 5.02 Å². The van der Waals surface area contributed by atoms with Crippen molar-refractivity contribution in [2.45, 2.75) is 26.9 Å². The third-order valence-electron chi connectivity index (χ3n) is 3.99. The average molecular weight is 299 g/mol. The monoisotopic (exact) mass is 298 g/mol. The van der Waals surface area contributed by atoms with Gasteiger partial charge in [0.25, 0.3) is 0 Å². The van der Waals surface area contributed by atoms with Gasteiger partial charge in [0.1, 0.15) is 0 Å². The molecule has 0 atom stereocenters. The zero-order chi connectivity index (χ0) is 15.0. The van der Waals surface area contributed by atoms with Crippen molar-refractivity contribution < 1.29 is 0 Å². The Morgan fingerprint density at radius 3 is 2.62 bits per heavy atom. The Labute approximate surface area is 130 Å². The molecule has 2 nitrogen and oxygen atoms in total. The summed E-state index contributed by atoms with van der Waals surface area (Å²) in [6, 6.07) is 12.6. The third-order valence-corrected chi connectivity index (χ3v) is 4.23. The molecule has 108 valence electrons. The fourth-order valence-corrected chi connectivity index (χ4v) is 2.96. The Morgan fingerprint density at radius 2 is 1.86 bits per heavy atom. The van der Waals surface area contributed by atoms with Gasteiger partial charge in [0.2, 0.25) is 0 Å². The van der Waals surface area contributed by atoms with Crippen molar-refractivity contribution in [1.82, 2.24) is 4.57 Å². The van der Waals surface area contributed by atoms with Gasteiger partial charge in [0.05, 0.1) is 5.52 Å². The van der Waals surface area contributed by atoms with Crippen LogP contribution in [0.15, 0.2) is 42.6 Å². The maximum atomic E-state index is 6.16. The molecular formula is C18H19ClN2. The second kappa shape index (κ2) is 5.55. The van der Waals surface area contributed by atoms with Crippen LogP contribution in [0.3, 0.4) is 0 Å². The van der Waals surface area contributed by atoms with Crippen molar-refractivity contribution in [2.24, 2.45) is 5.73 Å². The number of halogens is 1. The van der Waals surface area contributed by atoms with Crippen LogP contribution in [0.5, 0.6) is 0 Å². The number of benzene rings is 2. The molecule has 3 rings (SSSR count). The van der Waals surface area contributed by atoms with Crippen LogP contribution in [0.25, 0.3) is 10.9 Å². The standard InChI is InChI=1S/C18H19ClN2/c1-12-3-4-13(2)14(7-12)10-21-11-15(9-20)17-6-5-16(19)8-18(17)21/h3-8,11H,9-10,20H2,1-2H3. The summed E-state index contributed by atoms with van der Waals surface area (Å²) in [4.78, 5) is 0. The van der Waals surface area contributed by atoms with Gasteiger partial charge in [-0.05, 0) is 42.7 Å². The lowest BCUT2D eigenvalue weighted by molar-refractivity contribution is 0.822. The summed E-state index contributed by atoms with van der Waals surface area (Å²) in [5.41, 5.74) is 12.1. The minimum Gasteiger partial charge on any atom is -0.343 e. The van der Waals surface area contributed by atoms with Crippen molar-refractivity contribution in [1.29, 1.82) is 0 Å². The van der Waals surface area contributed by atoms with E-state index in [1.807, 2.05) is 12.1 Å². The van der Waals surface area contributed by atoms with E-state index in [0.29, 0.717) is 6.54 Å². The predicted molar refractivity (Wildman–Crippen MR) is 89.9 cm³/mol. The molecule has 0 radical (unpaired) electrons. The van der Waals surface area contributed by atoms with Crippen LogP contribution in [-0.2, 0) is 13.1 Å². The van der Waals surface area contributed by atoms with Gasteiger partial charge in [-0.2, -0.15) is 0 Å². The van der Waals surface area contributed by atoms with Crippen LogP contribution < -0.4 is 5.73 Å². The number of nitrogens with zero attached hydrogens (tertiary/aromatic N) is 1. The summed E-state index contributed by atoms with van der Waals surface area (Å²) in [5, 5.41) is 1.94. The molecule has 0 spiro atoms. The van der Waals surface area contributed by atoms with E-state index in [-0.39, 0.29) is 0 Å². The van der Waals surface area contributed by atoms with E-state index in [1.165, 1.54) is 22.1 Å². The smallest absolute Gasteiger partial charge is 0.0501 e. The summed E-state index contributed by atoms with van der Waals surface area (Å²) in [6.07, 6.45) is 2.14. The van der Waals surface area contributed by atoms with Crippen LogP contribution in [0, 0.1) is 13.8 Å². The highest BCUT2D eigenvalue weighted by molar-refractivity contribution is 6.31. The molecule has 0 bridgehead atoms. The SMILES string of the molecule is Cc1ccc(C)c(Cn2cc(CN)c3ccc(Cl)cc32)c1.